The summed E-state index contributed by atoms with van der Waals surface area (Å²) in [5.74, 6) is 7.07. The van der Waals surface area contributed by atoms with Gasteiger partial charge in [-0.1, -0.05) is 26.2 Å². The molecule has 2 unspecified atom stereocenters. The molecule has 0 aliphatic heterocycles. The van der Waals surface area contributed by atoms with E-state index in [1.165, 1.54) is 25.7 Å². The van der Waals surface area contributed by atoms with Crippen LogP contribution in [0.25, 0.3) is 0 Å². The van der Waals surface area contributed by atoms with Gasteiger partial charge in [-0.3, -0.25) is 11.3 Å². The molecule has 1 aliphatic rings. The highest BCUT2D eigenvalue weighted by molar-refractivity contribution is 4.77. The van der Waals surface area contributed by atoms with Gasteiger partial charge >= 0.3 is 0 Å². The number of hydrogen-bond acceptors (Lipinski definition) is 3. The van der Waals surface area contributed by atoms with Crippen LogP contribution in [0.15, 0.2) is 0 Å². The number of hydrazine groups is 1. The highest BCUT2D eigenvalue weighted by Crippen LogP contribution is 2.31. The maximum atomic E-state index is 5.55. The van der Waals surface area contributed by atoms with E-state index in [4.69, 9.17) is 10.6 Å². The van der Waals surface area contributed by atoms with Crippen LogP contribution in [0.1, 0.15) is 39.0 Å². The first-order valence-corrected chi connectivity index (χ1v) is 5.71. The lowest BCUT2D eigenvalue weighted by Gasteiger charge is -2.30. The van der Waals surface area contributed by atoms with Gasteiger partial charge in [-0.2, -0.15) is 0 Å². The zero-order valence-corrected chi connectivity index (χ0v) is 9.46. The smallest absolute Gasteiger partial charge is 0.0488 e. The van der Waals surface area contributed by atoms with E-state index in [1.807, 2.05) is 0 Å². The van der Waals surface area contributed by atoms with Crippen LogP contribution >= 0.6 is 0 Å². The normalized spacial score (nSPS) is 21.6. The number of methoxy groups -OCH3 is 1. The van der Waals surface area contributed by atoms with Crippen LogP contribution in [0.2, 0.25) is 0 Å². The third-order valence-electron chi connectivity index (χ3n) is 3.22. The maximum absolute atomic E-state index is 5.55. The number of hydrogen-bond donors (Lipinski definition) is 2. The van der Waals surface area contributed by atoms with Crippen molar-refractivity contribution in [3.63, 3.8) is 0 Å². The second kappa shape index (κ2) is 6.38. The molecule has 1 aliphatic carbocycles. The van der Waals surface area contributed by atoms with Crippen molar-refractivity contribution in [3.05, 3.63) is 0 Å². The first kappa shape index (κ1) is 12.0. The van der Waals surface area contributed by atoms with E-state index in [9.17, 15) is 0 Å². The molecular weight excluding hydrogens is 176 g/mol. The second-order valence-corrected chi connectivity index (χ2v) is 4.69. The lowest BCUT2D eigenvalue weighted by atomic mass is 9.79. The van der Waals surface area contributed by atoms with Gasteiger partial charge < -0.3 is 4.74 Å². The van der Waals surface area contributed by atoms with Crippen LogP contribution in [0, 0.1) is 11.8 Å². The summed E-state index contributed by atoms with van der Waals surface area (Å²) in [6.07, 6.45) is 6.58. The van der Waals surface area contributed by atoms with Gasteiger partial charge in [0.2, 0.25) is 0 Å². The highest BCUT2D eigenvalue weighted by atomic mass is 16.5. The van der Waals surface area contributed by atoms with Crippen LogP contribution in [-0.4, -0.2) is 19.8 Å². The molecule has 0 heterocycles. The molecule has 3 N–H and O–H groups in total. The third-order valence-corrected chi connectivity index (χ3v) is 3.22. The zero-order valence-electron chi connectivity index (χ0n) is 9.46. The van der Waals surface area contributed by atoms with Crippen molar-refractivity contribution in [2.75, 3.05) is 13.7 Å². The Hall–Kier alpha value is -0.120. The van der Waals surface area contributed by atoms with Crippen LogP contribution < -0.4 is 11.3 Å². The largest absolute Gasteiger partial charge is 0.384 e. The Balaban J connectivity index is 2.15. The summed E-state index contributed by atoms with van der Waals surface area (Å²) in [6.45, 7) is 3.05. The van der Waals surface area contributed by atoms with E-state index in [1.54, 1.807) is 7.11 Å². The van der Waals surface area contributed by atoms with Crippen LogP contribution in [0.3, 0.4) is 0 Å². The molecule has 0 radical (unpaired) electrons. The summed E-state index contributed by atoms with van der Waals surface area (Å²) in [7, 11) is 1.76. The van der Waals surface area contributed by atoms with Gasteiger partial charge in [0, 0.05) is 19.8 Å². The Morgan fingerprint density at radius 3 is 2.64 bits per heavy atom. The molecule has 3 heteroatoms. The monoisotopic (exact) mass is 200 g/mol. The lowest BCUT2D eigenvalue weighted by Crippen LogP contribution is -2.39. The third kappa shape index (κ3) is 3.95. The predicted octanol–water partition coefficient (Wildman–Crippen LogP) is 1.68. The van der Waals surface area contributed by atoms with E-state index in [0.29, 0.717) is 12.0 Å². The molecule has 2 atom stereocenters. The van der Waals surface area contributed by atoms with Crippen molar-refractivity contribution in [2.24, 2.45) is 17.7 Å². The summed E-state index contributed by atoms with van der Waals surface area (Å²) in [5.41, 5.74) is 2.93. The minimum atomic E-state index is 0.477. The summed E-state index contributed by atoms with van der Waals surface area (Å²) < 4.78 is 5.13. The van der Waals surface area contributed by atoms with E-state index >= 15 is 0 Å². The van der Waals surface area contributed by atoms with Gasteiger partial charge in [-0.25, -0.2) is 0 Å². The van der Waals surface area contributed by atoms with Crippen LogP contribution in [0.5, 0.6) is 0 Å². The van der Waals surface area contributed by atoms with Gasteiger partial charge in [-0.15, -0.1) is 0 Å². The Morgan fingerprint density at radius 2 is 2.21 bits per heavy atom. The van der Waals surface area contributed by atoms with E-state index in [0.717, 1.165) is 18.9 Å². The van der Waals surface area contributed by atoms with E-state index < -0.39 is 0 Å². The van der Waals surface area contributed by atoms with Gasteiger partial charge in [-0.05, 0) is 24.7 Å². The summed E-state index contributed by atoms with van der Waals surface area (Å²) in [5, 5.41) is 0. The fourth-order valence-electron chi connectivity index (χ4n) is 2.20. The predicted molar refractivity (Wildman–Crippen MR) is 58.7 cm³/mol. The first-order valence-electron chi connectivity index (χ1n) is 5.71. The van der Waals surface area contributed by atoms with Crippen molar-refractivity contribution in [1.82, 2.24) is 5.43 Å². The zero-order chi connectivity index (χ0) is 10.4. The van der Waals surface area contributed by atoms with Crippen LogP contribution in [-0.2, 0) is 4.74 Å². The fourth-order valence-corrected chi connectivity index (χ4v) is 2.20. The molecule has 0 aromatic rings. The van der Waals surface area contributed by atoms with Gasteiger partial charge in [0.1, 0.15) is 0 Å². The minimum Gasteiger partial charge on any atom is -0.384 e. The molecule has 3 nitrogen and oxygen atoms in total. The fraction of sp³-hybridized carbons (Fsp3) is 1.00. The van der Waals surface area contributed by atoms with E-state index in [-0.39, 0.29) is 0 Å². The van der Waals surface area contributed by atoms with Gasteiger partial charge in [0.05, 0.1) is 0 Å². The second-order valence-electron chi connectivity index (χ2n) is 4.69. The standard InChI is InChI=1S/C11H24N2O/c1-9(8-14-2)6-11(13-12)7-10-4-3-5-10/h9-11,13H,3-8,12H2,1-2H3. The SMILES string of the molecule is COCC(C)CC(CC1CCC1)NN. The van der Waals surface area contributed by atoms with Crippen molar-refractivity contribution in [2.45, 2.75) is 45.1 Å². The summed E-state index contributed by atoms with van der Waals surface area (Å²) in [6, 6.07) is 0.477. The van der Waals surface area contributed by atoms with Gasteiger partial charge in [0.15, 0.2) is 0 Å². The molecule has 1 rings (SSSR count). The molecule has 1 fully saturated rings. The molecular formula is C11H24N2O. The Labute approximate surface area is 87.4 Å². The van der Waals surface area contributed by atoms with Crippen molar-refractivity contribution >= 4 is 0 Å². The number of rotatable bonds is 7. The number of nitrogens with one attached hydrogen (secondary N) is 1. The molecule has 0 saturated heterocycles. The Morgan fingerprint density at radius 1 is 1.50 bits per heavy atom. The number of nitrogens with two attached hydrogens (primary N) is 1. The van der Waals surface area contributed by atoms with E-state index in [2.05, 4.69) is 12.3 Å². The molecule has 84 valence electrons. The molecule has 1 saturated carbocycles. The molecule has 0 amide bonds. The Kier molecular flexibility index (Phi) is 5.45. The quantitative estimate of drug-likeness (QED) is 0.485. The van der Waals surface area contributed by atoms with Gasteiger partial charge in [0.25, 0.3) is 0 Å². The molecule has 14 heavy (non-hydrogen) atoms. The van der Waals surface area contributed by atoms with Crippen molar-refractivity contribution < 1.29 is 4.74 Å². The number of ether oxygens (including phenoxy) is 1. The Bertz CT molecular complexity index is 148. The lowest BCUT2D eigenvalue weighted by molar-refractivity contribution is 0.143. The molecule has 0 aromatic heterocycles. The average molecular weight is 200 g/mol. The average Bonchev–Trinajstić information content (AvgIpc) is 2.09. The maximum Gasteiger partial charge on any atom is 0.0488 e. The first-order chi connectivity index (χ1) is 6.76. The van der Waals surface area contributed by atoms with Crippen LogP contribution in [0.4, 0.5) is 0 Å². The van der Waals surface area contributed by atoms with Crippen molar-refractivity contribution in [3.8, 4) is 0 Å². The topological polar surface area (TPSA) is 47.3 Å². The highest BCUT2D eigenvalue weighted by Gasteiger charge is 2.22. The summed E-state index contributed by atoms with van der Waals surface area (Å²) >= 11 is 0. The summed E-state index contributed by atoms with van der Waals surface area (Å²) in [4.78, 5) is 0. The molecule has 0 aromatic carbocycles. The minimum absolute atomic E-state index is 0.477. The molecule has 0 spiro atoms. The van der Waals surface area contributed by atoms with Crippen molar-refractivity contribution in [1.29, 1.82) is 0 Å². The molecule has 0 bridgehead atoms.